The third-order valence-corrected chi connectivity index (χ3v) is 7.54. The number of rotatable bonds is 5. The Balaban J connectivity index is 1.60. The molecule has 0 radical (unpaired) electrons. The molecule has 0 unspecified atom stereocenters. The SMILES string of the molecule is CC(C)(C)[C@@]1(C)[C@H](F)C[C@@H](C(=O)NCc2cc(-c3cnc(C(F)(F)F)nc3)c(F)c(C3CC3)n2)N1C(=O)O. The lowest BCUT2D eigenvalue weighted by molar-refractivity contribution is -0.145. The Morgan fingerprint density at radius 1 is 1.18 bits per heavy atom. The molecule has 3 heterocycles. The summed E-state index contributed by atoms with van der Waals surface area (Å²) in [6.45, 7) is 6.33. The van der Waals surface area contributed by atoms with Gasteiger partial charge in [0.15, 0.2) is 5.82 Å². The molecule has 2 amide bonds. The summed E-state index contributed by atoms with van der Waals surface area (Å²) in [5, 5.41) is 12.4. The fourth-order valence-electron chi connectivity index (χ4n) is 4.83. The van der Waals surface area contributed by atoms with Gasteiger partial charge in [-0.15, -0.1) is 0 Å². The van der Waals surface area contributed by atoms with Gasteiger partial charge in [0.05, 0.1) is 23.5 Å². The Bertz CT molecular complexity index is 1240. The molecule has 2 aromatic heterocycles. The molecule has 13 heteroatoms. The van der Waals surface area contributed by atoms with E-state index in [1.165, 1.54) is 13.0 Å². The predicted octanol–water partition coefficient (Wildman–Crippen LogP) is 5.09. The molecule has 2 aromatic rings. The van der Waals surface area contributed by atoms with Crippen LogP contribution < -0.4 is 5.32 Å². The molecule has 2 aliphatic rings. The van der Waals surface area contributed by atoms with E-state index in [2.05, 4.69) is 20.3 Å². The number of pyridine rings is 1. The molecule has 1 saturated carbocycles. The molecule has 2 N–H and O–H groups in total. The van der Waals surface area contributed by atoms with Crippen LogP contribution in [0.2, 0.25) is 0 Å². The summed E-state index contributed by atoms with van der Waals surface area (Å²) in [4.78, 5) is 36.9. The molecule has 38 heavy (non-hydrogen) atoms. The maximum Gasteiger partial charge on any atom is 0.451 e. The van der Waals surface area contributed by atoms with Gasteiger partial charge in [-0.3, -0.25) is 14.7 Å². The number of amides is 2. The highest BCUT2D eigenvalue weighted by Crippen LogP contribution is 2.48. The summed E-state index contributed by atoms with van der Waals surface area (Å²) in [5.74, 6) is -2.97. The van der Waals surface area contributed by atoms with Gasteiger partial charge in [0, 0.05) is 35.9 Å². The number of aromatic nitrogens is 3. The van der Waals surface area contributed by atoms with Gasteiger partial charge in [0.2, 0.25) is 11.7 Å². The highest BCUT2D eigenvalue weighted by molar-refractivity contribution is 5.86. The van der Waals surface area contributed by atoms with Crippen LogP contribution in [0.1, 0.15) is 70.1 Å². The van der Waals surface area contributed by atoms with Gasteiger partial charge in [-0.1, -0.05) is 20.8 Å². The molecule has 1 aliphatic heterocycles. The molecular weight excluding hydrogens is 513 g/mol. The average Bonchev–Trinajstić information content (AvgIpc) is 3.62. The minimum atomic E-state index is -4.75. The van der Waals surface area contributed by atoms with E-state index in [4.69, 9.17) is 0 Å². The van der Waals surface area contributed by atoms with Crippen LogP contribution in [0.3, 0.4) is 0 Å². The molecule has 0 spiro atoms. The Kier molecular flexibility index (Phi) is 6.86. The minimum absolute atomic E-state index is 0.00133. The third kappa shape index (κ3) is 4.90. The molecule has 2 fully saturated rings. The first-order valence-electron chi connectivity index (χ1n) is 12.1. The second-order valence-electron chi connectivity index (χ2n) is 10.9. The number of hydrogen-bond donors (Lipinski definition) is 2. The lowest BCUT2D eigenvalue weighted by atomic mass is 9.72. The first-order valence-corrected chi connectivity index (χ1v) is 12.1. The highest BCUT2D eigenvalue weighted by atomic mass is 19.4. The van der Waals surface area contributed by atoms with E-state index in [0.717, 1.165) is 17.3 Å². The van der Waals surface area contributed by atoms with Crippen LogP contribution in [0, 0.1) is 11.2 Å². The quantitative estimate of drug-likeness (QED) is 0.511. The Morgan fingerprint density at radius 2 is 1.79 bits per heavy atom. The topological polar surface area (TPSA) is 108 Å². The molecule has 0 aromatic carbocycles. The van der Waals surface area contributed by atoms with Crippen molar-refractivity contribution in [1.29, 1.82) is 0 Å². The average molecular weight is 542 g/mol. The van der Waals surface area contributed by atoms with Gasteiger partial charge in [-0.25, -0.2) is 23.5 Å². The van der Waals surface area contributed by atoms with Gasteiger partial charge in [0.1, 0.15) is 12.2 Å². The number of carbonyl (C=O) groups excluding carboxylic acids is 1. The highest BCUT2D eigenvalue weighted by Gasteiger charge is 2.60. The number of alkyl halides is 4. The molecule has 206 valence electrons. The first kappa shape index (κ1) is 27.6. The minimum Gasteiger partial charge on any atom is -0.465 e. The van der Waals surface area contributed by atoms with E-state index in [9.17, 15) is 27.9 Å². The number of nitrogens with one attached hydrogen (secondary N) is 1. The Hall–Kier alpha value is -3.38. The van der Waals surface area contributed by atoms with Crippen molar-refractivity contribution in [1.82, 2.24) is 25.2 Å². The number of halogens is 5. The molecule has 0 bridgehead atoms. The standard InChI is InChI=1S/C25H28F5N5O3/c1-23(2,3)24(4)17(26)8-16(35(24)22(37)38)20(36)31-11-14-7-15(18(27)19(34-14)12-5-6-12)13-9-32-21(33-10-13)25(28,29)30/h7,9-10,12,16-17H,5-6,8,11H2,1-4H3,(H,31,36)(H,37,38)/t16-,17+,24+/m0/s1. The fourth-order valence-corrected chi connectivity index (χ4v) is 4.83. The zero-order chi connectivity index (χ0) is 28.2. The summed E-state index contributed by atoms with van der Waals surface area (Å²) in [7, 11) is 0. The molecule has 1 saturated heterocycles. The first-order chi connectivity index (χ1) is 17.6. The van der Waals surface area contributed by atoms with Crippen molar-refractivity contribution in [2.45, 2.75) is 83.3 Å². The van der Waals surface area contributed by atoms with E-state index >= 15 is 8.78 Å². The molecule has 4 rings (SSSR count). The maximum atomic E-state index is 15.2. The van der Waals surface area contributed by atoms with E-state index in [1.54, 1.807) is 20.8 Å². The van der Waals surface area contributed by atoms with E-state index in [-0.39, 0.29) is 41.4 Å². The van der Waals surface area contributed by atoms with Crippen molar-refractivity contribution in [3.8, 4) is 11.1 Å². The predicted molar refractivity (Wildman–Crippen MR) is 125 cm³/mol. The van der Waals surface area contributed by atoms with E-state index in [0.29, 0.717) is 12.8 Å². The summed E-state index contributed by atoms with van der Waals surface area (Å²) in [5.41, 5.74) is -2.02. The van der Waals surface area contributed by atoms with Crippen molar-refractivity contribution in [3.63, 3.8) is 0 Å². The van der Waals surface area contributed by atoms with Gasteiger partial charge < -0.3 is 10.4 Å². The van der Waals surface area contributed by atoms with E-state index < -0.39 is 53.0 Å². The van der Waals surface area contributed by atoms with Gasteiger partial charge in [-0.05, 0) is 31.2 Å². The molecule has 1 aliphatic carbocycles. The van der Waals surface area contributed by atoms with Crippen LogP contribution in [0.5, 0.6) is 0 Å². The summed E-state index contributed by atoms with van der Waals surface area (Å²) >= 11 is 0. The van der Waals surface area contributed by atoms with Crippen LogP contribution in [0.25, 0.3) is 11.1 Å². The molecule has 3 atom stereocenters. The lowest BCUT2D eigenvalue weighted by Crippen LogP contribution is -2.60. The molecule has 8 nitrogen and oxygen atoms in total. The lowest BCUT2D eigenvalue weighted by Gasteiger charge is -2.46. The van der Waals surface area contributed by atoms with Crippen LogP contribution >= 0.6 is 0 Å². The Labute approximate surface area is 215 Å². The van der Waals surface area contributed by atoms with Crippen LogP contribution in [-0.2, 0) is 17.5 Å². The van der Waals surface area contributed by atoms with Gasteiger partial charge in [0.25, 0.3) is 0 Å². The molecular formula is C25H28F5N5O3. The summed E-state index contributed by atoms with van der Waals surface area (Å²) < 4.78 is 69.0. The van der Waals surface area contributed by atoms with Crippen LogP contribution in [0.15, 0.2) is 18.5 Å². The van der Waals surface area contributed by atoms with Crippen molar-refractivity contribution in [3.05, 3.63) is 41.5 Å². The van der Waals surface area contributed by atoms with E-state index in [1.807, 2.05) is 0 Å². The summed E-state index contributed by atoms with van der Waals surface area (Å²) in [6.07, 6.45) is -5.01. The zero-order valence-electron chi connectivity index (χ0n) is 21.2. The normalized spacial score (nSPS) is 24.0. The van der Waals surface area contributed by atoms with Crippen molar-refractivity contribution < 1.29 is 36.6 Å². The van der Waals surface area contributed by atoms with Crippen molar-refractivity contribution in [2.75, 3.05) is 0 Å². The summed E-state index contributed by atoms with van der Waals surface area (Å²) in [6, 6.07) is -0.0215. The second kappa shape index (κ2) is 9.42. The number of carboxylic acid groups (broad SMARTS) is 1. The third-order valence-electron chi connectivity index (χ3n) is 7.54. The largest absolute Gasteiger partial charge is 0.465 e. The Morgan fingerprint density at radius 3 is 2.29 bits per heavy atom. The smallest absolute Gasteiger partial charge is 0.451 e. The second-order valence-corrected chi connectivity index (χ2v) is 10.9. The number of hydrogen-bond acceptors (Lipinski definition) is 5. The fraction of sp³-hybridized carbons (Fsp3) is 0.560. The van der Waals surface area contributed by atoms with Crippen molar-refractivity contribution in [2.24, 2.45) is 5.41 Å². The zero-order valence-corrected chi connectivity index (χ0v) is 21.2. The maximum absolute atomic E-state index is 15.2. The van der Waals surface area contributed by atoms with Crippen LogP contribution in [0.4, 0.5) is 26.7 Å². The van der Waals surface area contributed by atoms with Crippen molar-refractivity contribution >= 4 is 12.0 Å². The van der Waals surface area contributed by atoms with Gasteiger partial charge in [-0.2, -0.15) is 13.2 Å². The number of likely N-dealkylation sites (tertiary alicyclic amines) is 1. The monoisotopic (exact) mass is 541 g/mol. The van der Waals surface area contributed by atoms with Gasteiger partial charge >= 0.3 is 12.3 Å². The number of carbonyl (C=O) groups is 2. The number of nitrogens with zero attached hydrogens (tertiary/aromatic N) is 4. The van der Waals surface area contributed by atoms with Crippen LogP contribution in [-0.4, -0.2) is 54.7 Å².